The highest BCUT2D eigenvalue weighted by molar-refractivity contribution is 8.50. The minimum Gasteiger partial charge on any atom is -0.389 e. The predicted molar refractivity (Wildman–Crippen MR) is 78.8 cm³/mol. The average molecular weight is 332 g/mol. The normalized spacial score (nSPS) is 15.1. The van der Waals surface area contributed by atoms with E-state index in [-0.39, 0.29) is 18.1 Å². The molecule has 0 aromatic carbocycles. The Labute approximate surface area is 125 Å². The summed E-state index contributed by atoms with van der Waals surface area (Å²) in [6.07, 6.45) is 1.36. The van der Waals surface area contributed by atoms with E-state index in [4.69, 9.17) is 15.4 Å². The maximum absolute atomic E-state index is 10.7. The fourth-order valence-corrected chi connectivity index (χ4v) is 3.28. The van der Waals surface area contributed by atoms with Crippen molar-refractivity contribution in [1.82, 2.24) is 19.5 Å². The minimum atomic E-state index is -2.33. The van der Waals surface area contributed by atoms with E-state index in [1.165, 1.54) is 19.8 Å². The average Bonchev–Trinajstić information content (AvgIpc) is 2.84. The zero-order valence-electron chi connectivity index (χ0n) is 11.2. The van der Waals surface area contributed by atoms with Crippen molar-refractivity contribution < 1.29 is 19.3 Å². The number of ether oxygens (including phenoxy) is 1. The summed E-state index contributed by atoms with van der Waals surface area (Å²) in [6.45, 7) is 0.175. The lowest BCUT2D eigenvalue weighted by atomic mass is 10.2. The van der Waals surface area contributed by atoms with Gasteiger partial charge < -0.3 is 20.1 Å². The van der Waals surface area contributed by atoms with E-state index in [0.29, 0.717) is 11.2 Å². The molecule has 0 fully saturated rings. The van der Waals surface area contributed by atoms with E-state index in [9.17, 15) is 9.67 Å². The van der Waals surface area contributed by atoms with E-state index in [0.717, 1.165) is 11.4 Å². The number of anilines is 1. The van der Waals surface area contributed by atoms with Gasteiger partial charge >= 0.3 is 7.23 Å². The number of nitrogen functional groups attached to an aromatic ring is 1. The fourth-order valence-electron chi connectivity index (χ4n) is 1.82. The maximum Gasteiger partial charge on any atom is 0.582 e. The van der Waals surface area contributed by atoms with Crippen molar-refractivity contribution in [2.45, 2.75) is 18.8 Å². The minimum absolute atomic E-state index is 0.175. The van der Waals surface area contributed by atoms with Gasteiger partial charge in [-0.05, 0) is 4.57 Å². The van der Waals surface area contributed by atoms with Crippen LogP contribution in [0.3, 0.4) is 0 Å². The molecule has 0 aliphatic carbocycles. The van der Waals surface area contributed by atoms with Crippen molar-refractivity contribution >= 4 is 35.6 Å². The molecule has 0 bridgehead atoms. The van der Waals surface area contributed by atoms with Gasteiger partial charge in [0.1, 0.15) is 11.8 Å². The quantitative estimate of drug-likeness (QED) is 0.606. The molecule has 2 aromatic heterocycles. The van der Waals surface area contributed by atoms with Crippen LogP contribution in [0.1, 0.15) is 0 Å². The van der Waals surface area contributed by atoms with Crippen molar-refractivity contribution in [2.75, 3.05) is 18.6 Å². The van der Waals surface area contributed by atoms with Crippen LogP contribution in [0, 0.1) is 0 Å². The summed E-state index contributed by atoms with van der Waals surface area (Å²) in [7, 11) is -0.891. The molecule has 2 heterocycles. The molecule has 0 aliphatic heterocycles. The third-order valence-electron chi connectivity index (χ3n) is 2.89. The number of hydrogen-bond acceptors (Lipinski definition) is 8. The smallest absolute Gasteiger partial charge is 0.389 e. The van der Waals surface area contributed by atoms with Gasteiger partial charge in [0.05, 0.1) is 30.8 Å². The zero-order chi connectivity index (χ0) is 15.4. The topological polar surface area (TPSA) is 136 Å². The number of nitrogens with zero attached hydrogens (tertiary/aromatic N) is 4. The number of aliphatic hydroxyl groups is 1. The Morgan fingerprint density at radius 1 is 1.52 bits per heavy atom. The Kier molecular flexibility index (Phi) is 5.43. The molecule has 21 heavy (non-hydrogen) atoms. The number of aliphatic hydroxyl groups excluding tert-OH is 1. The fraction of sp³-hybridized carbons (Fsp3) is 0.500. The Morgan fingerprint density at radius 3 is 2.95 bits per heavy atom. The number of rotatable bonds is 7. The molecule has 0 saturated heterocycles. The lowest BCUT2D eigenvalue weighted by molar-refractivity contribution is -0.00510. The monoisotopic (exact) mass is 332 g/mol. The summed E-state index contributed by atoms with van der Waals surface area (Å²) in [5.74, 6) is 0.469. The van der Waals surface area contributed by atoms with E-state index >= 15 is 0 Å². The van der Waals surface area contributed by atoms with Crippen LogP contribution in [0.4, 0.5) is 5.82 Å². The van der Waals surface area contributed by atoms with E-state index < -0.39 is 19.4 Å². The van der Waals surface area contributed by atoms with Crippen molar-refractivity contribution in [2.24, 2.45) is 0 Å². The van der Waals surface area contributed by atoms with Gasteiger partial charge in [0.2, 0.25) is 0 Å². The Balaban J connectivity index is 2.11. The molecule has 9 nitrogen and oxygen atoms in total. The van der Waals surface area contributed by atoms with E-state index in [1.54, 1.807) is 4.57 Å². The van der Waals surface area contributed by atoms with Crippen LogP contribution in [0.15, 0.2) is 12.7 Å². The molecule has 2 aromatic rings. The highest BCUT2D eigenvalue weighted by Crippen LogP contribution is 2.34. The highest BCUT2D eigenvalue weighted by Gasteiger charge is 2.25. The van der Waals surface area contributed by atoms with Crippen molar-refractivity contribution in [3.05, 3.63) is 12.7 Å². The summed E-state index contributed by atoms with van der Waals surface area (Å²) in [4.78, 5) is 20.8. The van der Waals surface area contributed by atoms with Crippen molar-refractivity contribution in [1.29, 1.82) is 0 Å². The van der Waals surface area contributed by atoms with Gasteiger partial charge in [-0.25, -0.2) is 15.0 Å². The molecule has 11 heteroatoms. The SMILES string of the molecule is CO[C@H](CS[P+](=O)O)[C@@H](O)Cn1cnc2c(N)ncnc21. The lowest BCUT2D eigenvalue weighted by Gasteiger charge is -2.19. The number of imidazole rings is 1. The molecule has 0 spiro atoms. The second-order valence-corrected chi connectivity index (χ2v) is 6.98. The molecular weight excluding hydrogens is 317 g/mol. The molecule has 2 rings (SSSR count). The Morgan fingerprint density at radius 2 is 2.29 bits per heavy atom. The van der Waals surface area contributed by atoms with E-state index in [1.807, 2.05) is 0 Å². The first-order valence-corrected chi connectivity index (χ1v) is 8.74. The van der Waals surface area contributed by atoms with Gasteiger partial charge in [-0.3, -0.25) is 0 Å². The van der Waals surface area contributed by atoms with Gasteiger partial charge in [0.15, 0.2) is 22.8 Å². The largest absolute Gasteiger partial charge is 0.582 e. The third kappa shape index (κ3) is 3.86. The molecule has 0 amide bonds. The molecule has 0 radical (unpaired) electrons. The number of aromatic nitrogens is 4. The van der Waals surface area contributed by atoms with Gasteiger partial charge in [-0.1, -0.05) is 0 Å². The summed E-state index contributed by atoms with van der Waals surface area (Å²) in [6, 6.07) is 0. The summed E-state index contributed by atoms with van der Waals surface area (Å²) in [5.41, 5.74) is 6.67. The molecule has 3 atom stereocenters. The second kappa shape index (κ2) is 7.10. The number of hydrogen-bond donors (Lipinski definition) is 3. The summed E-state index contributed by atoms with van der Waals surface area (Å²) >= 11 is 0.820. The molecule has 0 aliphatic rings. The van der Waals surface area contributed by atoms with Crippen LogP contribution in [0.5, 0.6) is 0 Å². The standard InChI is InChI=1S/C10H14N5O4PS/c1-19-7(3-21-20(17)18)6(16)2-15-5-14-8-9(11)12-4-13-10(8)15/h4-7,16H,2-3H2,1H3,(H2-,11,12,13,17,18)/p+1/t6-,7+/m0/s1. The number of fused-ring (bicyclic) bond motifs is 1. The molecular formula is C10H15N5O4PS+. The first-order valence-electron chi connectivity index (χ1n) is 5.94. The Hall–Kier alpha value is -1.32. The number of methoxy groups -OCH3 is 1. The number of nitrogens with two attached hydrogens (primary N) is 1. The van der Waals surface area contributed by atoms with Crippen LogP contribution in [0.25, 0.3) is 11.2 Å². The zero-order valence-corrected chi connectivity index (χ0v) is 12.9. The first kappa shape index (κ1) is 16.1. The van der Waals surface area contributed by atoms with Crippen LogP contribution < -0.4 is 5.73 Å². The first-order chi connectivity index (χ1) is 10.0. The predicted octanol–water partition coefficient (Wildman–Crippen LogP) is 0.167. The highest BCUT2D eigenvalue weighted by atomic mass is 32.7. The van der Waals surface area contributed by atoms with Gasteiger partial charge in [0, 0.05) is 7.11 Å². The van der Waals surface area contributed by atoms with Crippen LogP contribution in [-0.4, -0.2) is 54.6 Å². The summed E-state index contributed by atoms with van der Waals surface area (Å²) in [5, 5.41) is 10.2. The second-order valence-electron chi connectivity index (χ2n) is 4.20. The van der Waals surface area contributed by atoms with Gasteiger partial charge in [-0.15, -0.1) is 0 Å². The molecule has 1 unspecified atom stereocenters. The molecule has 0 saturated carbocycles. The van der Waals surface area contributed by atoms with Crippen molar-refractivity contribution in [3.8, 4) is 0 Å². The summed E-state index contributed by atoms with van der Waals surface area (Å²) < 4.78 is 17.5. The Bertz CT molecular complexity index is 639. The molecule has 114 valence electrons. The van der Waals surface area contributed by atoms with E-state index in [2.05, 4.69) is 15.0 Å². The molecule has 4 N–H and O–H groups in total. The van der Waals surface area contributed by atoms with Gasteiger partial charge in [-0.2, -0.15) is 4.89 Å². The van der Waals surface area contributed by atoms with Crippen LogP contribution >= 0.6 is 18.6 Å². The lowest BCUT2D eigenvalue weighted by Crippen LogP contribution is -2.33. The third-order valence-corrected chi connectivity index (χ3v) is 4.70. The van der Waals surface area contributed by atoms with Gasteiger partial charge in [0.25, 0.3) is 0 Å². The van der Waals surface area contributed by atoms with Crippen LogP contribution in [0.2, 0.25) is 0 Å². The van der Waals surface area contributed by atoms with Crippen LogP contribution in [-0.2, 0) is 15.8 Å². The van der Waals surface area contributed by atoms with Crippen molar-refractivity contribution in [3.63, 3.8) is 0 Å². The maximum atomic E-state index is 10.7.